The number of carbonyl (C=O) groups is 3. The predicted molar refractivity (Wildman–Crippen MR) is 107 cm³/mol. The molecule has 0 unspecified atom stereocenters. The van der Waals surface area contributed by atoms with Crippen LogP contribution in [0.25, 0.3) is 0 Å². The molecule has 156 valence electrons. The molecule has 2 saturated heterocycles. The highest BCUT2D eigenvalue weighted by molar-refractivity contribution is 5.99. The number of carbonyl (C=O) groups excluding carboxylic acids is 3. The van der Waals surface area contributed by atoms with E-state index in [-0.39, 0.29) is 30.8 Å². The summed E-state index contributed by atoms with van der Waals surface area (Å²) in [6.45, 7) is 0.226. The molecule has 3 heterocycles. The molecule has 1 spiro atoms. The van der Waals surface area contributed by atoms with Gasteiger partial charge in [-0.05, 0) is 17.7 Å². The molecule has 0 aromatic heterocycles. The lowest BCUT2D eigenvalue weighted by molar-refractivity contribution is -0.141. The maximum atomic E-state index is 13.2. The Labute approximate surface area is 174 Å². The third kappa shape index (κ3) is 2.85. The molecule has 4 rings (SSSR count). The Morgan fingerprint density at radius 3 is 2.67 bits per heavy atom. The molecular formula is C22H23N3O5. The van der Waals surface area contributed by atoms with Crippen molar-refractivity contribution in [3.8, 4) is 18.1 Å². The van der Waals surface area contributed by atoms with Crippen LogP contribution in [0.2, 0.25) is 0 Å². The zero-order chi connectivity index (χ0) is 21.5. The molecular weight excluding hydrogens is 386 g/mol. The summed E-state index contributed by atoms with van der Waals surface area (Å²) < 4.78 is 11.2. The minimum Gasteiger partial charge on any atom is -0.497 e. The van der Waals surface area contributed by atoms with E-state index in [1.807, 2.05) is 12.1 Å². The number of hydrogen-bond acceptors (Lipinski definition) is 5. The van der Waals surface area contributed by atoms with Crippen molar-refractivity contribution in [2.75, 3.05) is 20.7 Å². The minimum atomic E-state index is -1.19. The fourth-order valence-corrected chi connectivity index (χ4v) is 4.73. The van der Waals surface area contributed by atoms with Crippen LogP contribution in [0.5, 0.6) is 5.75 Å². The van der Waals surface area contributed by atoms with Crippen LogP contribution in [0.15, 0.2) is 36.4 Å². The highest BCUT2D eigenvalue weighted by Crippen LogP contribution is 2.54. The van der Waals surface area contributed by atoms with Gasteiger partial charge in [-0.3, -0.25) is 14.4 Å². The second kappa shape index (κ2) is 7.50. The molecule has 5 atom stereocenters. The van der Waals surface area contributed by atoms with Gasteiger partial charge in [-0.15, -0.1) is 6.42 Å². The van der Waals surface area contributed by atoms with Crippen LogP contribution in [0, 0.1) is 24.2 Å². The van der Waals surface area contributed by atoms with Gasteiger partial charge in [-0.25, -0.2) is 0 Å². The Morgan fingerprint density at radius 2 is 2.03 bits per heavy atom. The monoisotopic (exact) mass is 409 g/mol. The van der Waals surface area contributed by atoms with Crippen LogP contribution in [-0.4, -0.2) is 61.1 Å². The van der Waals surface area contributed by atoms with E-state index in [0.717, 1.165) is 11.3 Å². The van der Waals surface area contributed by atoms with Gasteiger partial charge in [0.25, 0.3) is 0 Å². The lowest BCUT2D eigenvalue weighted by Crippen LogP contribution is -2.54. The number of amides is 3. The number of likely N-dealkylation sites (tertiary alicyclic amines) is 1. The van der Waals surface area contributed by atoms with Gasteiger partial charge in [-0.2, -0.15) is 0 Å². The molecule has 8 nitrogen and oxygen atoms in total. The van der Waals surface area contributed by atoms with E-state index >= 15 is 0 Å². The predicted octanol–water partition coefficient (Wildman–Crippen LogP) is -0.159. The van der Waals surface area contributed by atoms with Gasteiger partial charge in [0.15, 0.2) is 0 Å². The number of terminal acetylenes is 1. The average Bonchev–Trinajstić information content (AvgIpc) is 3.40. The quantitative estimate of drug-likeness (QED) is 0.503. The summed E-state index contributed by atoms with van der Waals surface area (Å²) in [6, 6.07) is 6.35. The number of rotatable bonds is 6. The molecule has 3 aliphatic heterocycles. The molecule has 2 bridgehead atoms. The van der Waals surface area contributed by atoms with E-state index in [2.05, 4.69) is 16.6 Å². The number of nitrogens with one attached hydrogen (secondary N) is 2. The summed E-state index contributed by atoms with van der Waals surface area (Å²) in [4.78, 5) is 40.2. The third-order valence-corrected chi connectivity index (χ3v) is 6.06. The fraction of sp³-hybridized carbons (Fsp3) is 0.409. The third-order valence-electron chi connectivity index (χ3n) is 6.06. The van der Waals surface area contributed by atoms with E-state index in [1.54, 1.807) is 31.4 Å². The molecule has 0 saturated carbocycles. The molecule has 0 radical (unpaired) electrons. The van der Waals surface area contributed by atoms with Crippen LogP contribution < -0.4 is 15.4 Å². The van der Waals surface area contributed by atoms with Crippen molar-refractivity contribution >= 4 is 17.7 Å². The van der Waals surface area contributed by atoms with E-state index in [1.165, 1.54) is 11.9 Å². The van der Waals surface area contributed by atoms with Crippen molar-refractivity contribution in [1.29, 1.82) is 0 Å². The van der Waals surface area contributed by atoms with Crippen LogP contribution >= 0.6 is 0 Å². The molecule has 1 aromatic rings. The Balaban J connectivity index is 1.60. The lowest BCUT2D eigenvalue weighted by Gasteiger charge is -2.31. The van der Waals surface area contributed by atoms with E-state index in [4.69, 9.17) is 15.9 Å². The van der Waals surface area contributed by atoms with Crippen LogP contribution in [-0.2, 0) is 25.7 Å². The Kier molecular flexibility index (Phi) is 5.00. The summed E-state index contributed by atoms with van der Waals surface area (Å²) >= 11 is 0. The number of ether oxygens (including phenoxy) is 2. The summed E-state index contributed by atoms with van der Waals surface area (Å²) in [5.74, 6) is 0.697. The van der Waals surface area contributed by atoms with E-state index < -0.39 is 29.6 Å². The minimum absolute atomic E-state index is 0.0416. The van der Waals surface area contributed by atoms with E-state index in [0.29, 0.717) is 0 Å². The SMILES string of the molecule is C#CCN1C(=O)[C@@H]2[C@@H](C(=O)NC)[C@H]3C=C[C@@]2(O3)[C@@H]1C(=O)NCc1ccc(OC)cc1. The zero-order valence-corrected chi connectivity index (χ0v) is 16.8. The molecule has 8 heteroatoms. The van der Waals surface area contributed by atoms with Gasteiger partial charge >= 0.3 is 0 Å². The molecule has 1 aromatic carbocycles. The molecule has 3 aliphatic rings. The summed E-state index contributed by atoms with van der Waals surface area (Å²) in [5, 5.41) is 5.47. The molecule has 2 N–H and O–H groups in total. The van der Waals surface area contributed by atoms with Gasteiger partial charge in [0.2, 0.25) is 17.7 Å². The Bertz CT molecular complexity index is 951. The van der Waals surface area contributed by atoms with Crippen molar-refractivity contribution in [1.82, 2.24) is 15.5 Å². The second-order valence-corrected chi connectivity index (χ2v) is 7.55. The molecule has 30 heavy (non-hydrogen) atoms. The van der Waals surface area contributed by atoms with Crippen LogP contribution in [0.3, 0.4) is 0 Å². The number of methoxy groups -OCH3 is 1. The molecule has 3 amide bonds. The topological polar surface area (TPSA) is 97.0 Å². The van der Waals surface area contributed by atoms with Crippen molar-refractivity contribution in [3.05, 3.63) is 42.0 Å². The first-order valence-electron chi connectivity index (χ1n) is 9.70. The number of nitrogens with zero attached hydrogens (tertiary/aromatic N) is 1. The zero-order valence-electron chi connectivity index (χ0n) is 16.8. The van der Waals surface area contributed by atoms with Crippen molar-refractivity contribution in [2.24, 2.45) is 11.8 Å². The second-order valence-electron chi connectivity index (χ2n) is 7.55. The lowest BCUT2D eigenvalue weighted by atomic mass is 9.74. The van der Waals surface area contributed by atoms with Crippen molar-refractivity contribution < 1.29 is 23.9 Å². The van der Waals surface area contributed by atoms with E-state index in [9.17, 15) is 14.4 Å². The number of hydrogen-bond donors (Lipinski definition) is 2. The van der Waals surface area contributed by atoms with Gasteiger partial charge in [0.1, 0.15) is 17.4 Å². The number of benzene rings is 1. The summed E-state index contributed by atoms with van der Waals surface area (Å²) in [5.41, 5.74) is -0.318. The molecule has 0 aliphatic carbocycles. The normalized spacial score (nSPS) is 30.7. The van der Waals surface area contributed by atoms with Gasteiger partial charge in [-0.1, -0.05) is 30.2 Å². The van der Waals surface area contributed by atoms with Gasteiger partial charge in [0.05, 0.1) is 31.6 Å². The Hall–Kier alpha value is -3.31. The first kappa shape index (κ1) is 20.0. The highest BCUT2D eigenvalue weighted by atomic mass is 16.5. The number of fused-ring (bicyclic) bond motifs is 1. The maximum absolute atomic E-state index is 13.2. The van der Waals surface area contributed by atoms with Crippen molar-refractivity contribution in [2.45, 2.75) is 24.3 Å². The fourth-order valence-electron chi connectivity index (χ4n) is 4.73. The largest absolute Gasteiger partial charge is 0.497 e. The van der Waals surface area contributed by atoms with Crippen LogP contribution in [0.4, 0.5) is 0 Å². The van der Waals surface area contributed by atoms with Crippen LogP contribution in [0.1, 0.15) is 5.56 Å². The Morgan fingerprint density at radius 1 is 1.30 bits per heavy atom. The smallest absolute Gasteiger partial charge is 0.246 e. The van der Waals surface area contributed by atoms with Gasteiger partial charge in [0, 0.05) is 13.6 Å². The first-order chi connectivity index (χ1) is 14.5. The van der Waals surface area contributed by atoms with Gasteiger partial charge < -0.3 is 25.0 Å². The average molecular weight is 409 g/mol. The molecule has 2 fully saturated rings. The standard InChI is InChI=1S/C22H23N3O5/c1-4-11-25-18(20(27)24-12-13-5-7-14(29-3)8-6-13)22-10-9-15(30-22)16(19(26)23-2)17(22)21(25)28/h1,5-10,15-18H,11-12H2,2-3H3,(H,23,26)(H,24,27)/t15-,16+,17+,18+,22+/m1/s1. The summed E-state index contributed by atoms with van der Waals surface area (Å²) in [6.07, 6.45) is 8.43. The first-order valence-corrected chi connectivity index (χ1v) is 9.70. The van der Waals surface area contributed by atoms with Crippen molar-refractivity contribution in [3.63, 3.8) is 0 Å². The highest BCUT2D eigenvalue weighted by Gasteiger charge is 2.72. The maximum Gasteiger partial charge on any atom is 0.246 e. The summed E-state index contributed by atoms with van der Waals surface area (Å²) in [7, 11) is 3.10.